The maximum absolute atomic E-state index is 14.2. The van der Waals surface area contributed by atoms with Crippen molar-refractivity contribution in [2.75, 3.05) is 44.9 Å². The molecule has 2 aromatic rings. The van der Waals surface area contributed by atoms with Crippen LogP contribution in [-0.2, 0) is 9.59 Å². The van der Waals surface area contributed by atoms with E-state index < -0.39 is 0 Å². The van der Waals surface area contributed by atoms with E-state index in [4.69, 9.17) is 4.74 Å². The molecule has 2 atom stereocenters. The van der Waals surface area contributed by atoms with Crippen LogP contribution in [0.5, 0.6) is 5.75 Å². The molecule has 154 valence electrons. The fraction of sp³-hybridized carbons (Fsp3) is 0.333. The first-order valence-electron chi connectivity index (χ1n) is 9.38. The van der Waals surface area contributed by atoms with Crippen LogP contribution < -0.4 is 15.0 Å². The van der Waals surface area contributed by atoms with Gasteiger partial charge in [0.25, 0.3) is 11.8 Å². The van der Waals surface area contributed by atoms with Crippen molar-refractivity contribution in [3.8, 4) is 5.75 Å². The molecule has 1 fully saturated rings. The van der Waals surface area contributed by atoms with Crippen LogP contribution >= 0.6 is 11.8 Å². The number of hydrogen-bond donors (Lipinski definition) is 2. The number of likely N-dealkylation sites (N-methyl/N-ethyl adjacent to an activating group) is 1. The summed E-state index contributed by atoms with van der Waals surface area (Å²) in [4.78, 5) is 27.6. The molecule has 1 saturated heterocycles. The highest BCUT2D eigenvalue weighted by atomic mass is 32.2. The molecule has 2 N–H and O–H groups in total. The summed E-state index contributed by atoms with van der Waals surface area (Å²) in [6, 6.07) is 13.7. The van der Waals surface area contributed by atoms with Gasteiger partial charge in [0.05, 0.1) is 14.2 Å². The molecule has 2 amide bonds. The number of benzene rings is 2. The number of amides is 2. The summed E-state index contributed by atoms with van der Waals surface area (Å²) in [5.74, 6) is 0.840. The van der Waals surface area contributed by atoms with Gasteiger partial charge < -0.3 is 19.9 Å². The normalized spacial score (nSPS) is 17.1. The minimum Gasteiger partial charge on any atom is -0.497 e. The molecule has 0 spiro atoms. The lowest BCUT2D eigenvalue weighted by Gasteiger charge is -2.25. The van der Waals surface area contributed by atoms with Crippen molar-refractivity contribution in [2.24, 2.45) is 0 Å². The molecule has 0 aliphatic carbocycles. The van der Waals surface area contributed by atoms with Gasteiger partial charge in [0.1, 0.15) is 16.9 Å². The van der Waals surface area contributed by atoms with E-state index in [-0.39, 0.29) is 36.1 Å². The standard InChI is InChI=1S/C21H24FN3O3S/c1-24(13-19(26)23-15-6-5-7-16(12-15)28-2)14-20(27)25-10-11-29-21(25)17-8-3-4-9-18(17)22/h3-9,12,21H,10-11,13-14H2,1-2H3,(H,23,26)/p+1/t21-/m0/s1. The average Bonchev–Trinajstić information content (AvgIpc) is 3.18. The van der Waals surface area contributed by atoms with Gasteiger partial charge in [-0.3, -0.25) is 9.59 Å². The Kier molecular flexibility index (Phi) is 7.11. The number of methoxy groups -OCH3 is 1. The predicted molar refractivity (Wildman–Crippen MR) is 112 cm³/mol. The Balaban J connectivity index is 1.55. The van der Waals surface area contributed by atoms with Crippen LogP contribution in [0.3, 0.4) is 0 Å². The Bertz CT molecular complexity index is 880. The maximum atomic E-state index is 14.2. The number of rotatable bonds is 7. The van der Waals surface area contributed by atoms with Crippen LogP contribution in [0.1, 0.15) is 10.9 Å². The third-order valence-corrected chi connectivity index (χ3v) is 5.89. The van der Waals surface area contributed by atoms with Crippen LogP contribution in [0.25, 0.3) is 0 Å². The molecule has 1 aliphatic rings. The molecule has 29 heavy (non-hydrogen) atoms. The predicted octanol–water partition coefficient (Wildman–Crippen LogP) is 1.56. The summed E-state index contributed by atoms with van der Waals surface area (Å²) in [5, 5.41) is 2.50. The van der Waals surface area contributed by atoms with E-state index in [1.54, 1.807) is 73.3 Å². The van der Waals surface area contributed by atoms with E-state index in [0.717, 1.165) is 10.7 Å². The summed E-state index contributed by atoms with van der Waals surface area (Å²) in [6.45, 7) is 0.886. The number of carbonyl (C=O) groups excluding carboxylic acids is 2. The molecule has 0 radical (unpaired) electrons. The second-order valence-corrected chi connectivity index (χ2v) is 8.11. The molecule has 8 heteroatoms. The number of ether oxygens (including phenoxy) is 1. The molecule has 0 saturated carbocycles. The van der Waals surface area contributed by atoms with Gasteiger partial charge in [-0.25, -0.2) is 4.39 Å². The van der Waals surface area contributed by atoms with Crippen LogP contribution in [0.15, 0.2) is 48.5 Å². The van der Waals surface area contributed by atoms with E-state index in [9.17, 15) is 14.0 Å². The first-order chi connectivity index (χ1) is 14.0. The van der Waals surface area contributed by atoms with E-state index in [1.807, 2.05) is 0 Å². The second kappa shape index (κ2) is 9.76. The summed E-state index contributed by atoms with van der Waals surface area (Å²) in [6.07, 6.45) is 0. The van der Waals surface area contributed by atoms with Gasteiger partial charge in [-0.1, -0.05) is 24.3 Å². The van der Waals surface area contributed by atoms with Crippen molar-refractivity contribution in [3.05, 3.63) is 59.9 Å². The molecular weight excluding hydrogens is 393 g/mol. The summed E-state index contributed by atoms with van der Waals surface area (Å²) in [5.41, 5.74) is 1.17. The number of thioether (sulfide) groups is 1. The third kappa shape index (κ3) is 5.48. The molecule has 0 aromatic heterocycles. The Morgan fingerprint density at radius 3 is 2.79 bits per heavy atom. The monoisotopic (exact) mass is 418 g/mol. The lowest BCUT2D eigenvalue weighted by molar-refractivity contribution is -0.862. The fourth-order valence-electron chi connectivity index (χ4n) is 3.26. The third-order valence-electron chi connectivity index (χ3n) is 4.65. The van der Waals surface area contributed by atoms with Crippen molar-refractivity contribution >= 4 is 29.3 Å². The lowest BCUT2D eigenvalue weighted by Crippen LogP contribution is -3.11. The summed E-state index contributed by atoms with van der Waals surface area (Å²) in [7, 11) is 3.36. The number of nitrogens with zero attached hydrogens (tertiary/aromatic N) is 1. The van der Waals surface area contributed by atoms with E-state index >= 15 is 0 Å². The van der Waals surface area contributed by atoms with Crippen LogP contribution in [0.4, 0.5) is 10.1 Å². The molecule has 3 rings (SSSR count). The Morgan fingerprint density at radius 1 is 1.24 bits per heavy atom. The molecule has 6 nitrogen and oxygen atoms in total. The van der Waals surface area contributed by atoms with Gasteiger partial charge in [-0.05, 0) is 18.2 Å². The fourth-order valence-corrected chi connectivity index (χ4v) is 4.56. The molecule has 1 heterocycles. The number of anilines is 1. The number of nitrogens with one attached hydrogen (secondary N) is 2. The Labute approximate surface area is 174 Å². The molecule has 1 aliphatic heterocycles. The maximum Gasteiger partial charge on any atom is 0.279 e. The van der Waals surface area contributed by atoms with Crippen LogP contribution in [-0.4, -0.2) is 56.3 Å². The average molecular weight is 419 g/mol. The second-order valence-electron chi connectivity index (χ2n) is 6.92. The quantitative estimate of drug-likeness (QED) is 0.717. The van der Waals surface area contributed by atoms with Gasteiger partial charge in [0.2, 0.25) is 0 Å². The minimum absolute atomic E-state index is 0.0880. The van der Waals surface area contributed by atoms with Crippen molar-refractivity contribution in [1.29, 1.82) is 0 Å². The smallest absolute Gasteiger partial charge is 0.279 e. The van der Waals surface area contributed by atoms with Gasteiger partial charge in [-0.2, -0.15) is 0 Å². The molecule has 2 aromatic carbocycles. The first kappa shape index (κ1) is 21.1. The number of carbonyl (C=O) groups is 2. The highest BCUT2D eigenvalue weighted by Gasteiger charge is 2.33. The van der Waals surface area contributed by atoms with E-state index in [0.29, 0.717) is 23.5 Å². The zero-order chi connectivity index (χ0) is 20.8. The SMILES string of the molecule is COc1cccc(NC(=O)C[NH+](C)CC(=O)N2CCS[C@H]2c2ccccc2F)c1. The van der Waals surface area contributed by atoms with Gasteiger partial charge in [0.15, 0.2) is 13.1 Å². The van der Waals surface area contributed by atoms with Crippen LogP contribution in [0.2, 0.25) is 0 Å². The summed E-state index contributed by atoms with van der Waals surface area (Å²) >= 11 is 1.56. The van der Waals surface area contributed by atoms with Gasteiger partial charge in [0, 0.05) is 29.6 Å². The van der Waals surface area contributed by atoms with Crippen molar-refractivity contribution in [1.82, 2.24) is 4.90 Å². The first-order valence-corrected chi connectivity index (χ1v) is 10.4. The zero-order valence-electron chi connectivity index (χ0n) is 16.5. The number of halogens is 1. The zero-order valence-corrected chi connectivity index (χ0v) is 17.3. The minimum atomic E-state index is -0.317. The molecule has 0 bridgehead atoms. The highest BCUT2D eigenvalue weighted by Crippen LogP contribution is 2.38. The topological polar surface area (TPSA) is 63.1 Å². The Morgan fingerprint density at radius 2 is 2.03 bits per heavy atom. The van der Waals surface area contributed by atoms with E-state index in [1.165, 1.54) is 6.07 Å². The lowest BCUT2D eigenvalue weighted by atomic mass is 10.2. The summed E-state index contributed by atoms with van der Waals surface area (Å²) < 4.78 is 19.3. The number of quaternary nitrogens is 1. The molecule has 1 unspecified atom stereocenters. The van der Waals surface area contributed by atoms with E-state index in [2.05, 4.69) is 5.32 Å². The van der Waals surface area contributed by atoms with Crippen molar-refractivity contribution in [3.63, 3.8) is 0 Å². The molecular formula is C21H25FN3O3S+. The van der Waals surface area contributed by atoms with Crippen molar-refractivity contribution < 1.29 is 23.6 Å². The number of hydrogen-bond acceptors (Lipinski definition) is 4. The van der Waals surface area contributed by atoms with Gasteiger partial charge in [-0.15, -0.1) is 11.8 Å². The van der Waals surface area contributed by atoms with Gasteiger partial charge >= 0.3 is 0 Å². The highest BCUT2D eigenvalue weighted by molar-refractivity contribution is 7.99. The Hall–Kier alpha value is -2.58. The van der Waals surface area contributed by atoms with Crippen LogP contribution in [0, 0.1) is 5.82 Å². The van der Waals surface area contributed by atoms with Crippen molar-refractivity contribution in [2.45, 2.75) is 5.37 Å². The largest absolute Gasteiger partial charge is 0.497 e.